The lowest BCUT2D eigenvalue weighted by Crippen LogP contribution is -2.16. The van der Waals surface area contributed by atoms with Gasteiger partial charge in [0.15, 0.2) is 0 Å². The molecule has 6 nitrogen and oxygen atoms in total. The number of aromatic nitrogens is 3. The van der Waals surface area contributed by atoms with E-state index in [1.807, 2.05) is 19.9 Å². The SMILES string of the molecule is CC[C@H](C)Nc1nc(Nc2ccc(OC)c(C(F)(F)F)c2)cc(-c2ccccn2)n1. The van der Waals surface area contributed by atoms with Crippen molar-refractivity contribution >= 4 is 17.5 Å². The van der Waals surface area contributed by atoms with E-state index in [0.29, 0.717) is 23.2 Å². The maximum atomic E-state index is 13.3. The van der Waals surface area contributed by atoms with Crippen LogP contribution in [0.15, 0.2) is 48.7 Å². The highest BCUT2D eigenvalue weighted by Crippen LogP contribution is 2.38. The van der Waals surface area contributed by atoms with Gasteiger partial charge in [-0.2, -0.15) is 18.2 Å². The third-order valence-electron chi connectivity index (χ3n) is 4.42. The van der Waals surface area contributed by atoms with Crippen molar-refractivity contribution in [2.24, 2.45) is 0 Å². The van der Waals surface area contributed by atoms with Gasteiger partial charge in [0.1, 0.15) is 11.6 Å². The molecule has 0 aliphatic heterocycles. The number of rotatable bonds is 7. The van der Waals surface area contributed by atoms with Crippen LogP contribution in [0.1, 0.15) is 25.8 Å². The molecule has 0 saturated heterocycles. The molecule has 0 spiro atoms. The highest BCUT2D eigenvalue weighted by molar-refractivity contribution is 5.66. The molecule has 0 saturated carbocycles. The molecular formula is C21H22F3N5O. The largest absolute Gasteiger partial charge is 0.496 e. The van der Waals surface area contributed by atoms with E-state index in [1.54, 1.807) is 24.4 Å². The summed E-state index contributed by atoms with van der Waals surface area (Å²) < 4.78 is 44.8. The lowest BCUT2D eigenvalue weighted by atomic mass is 10.1. The van der Waals surface area contributed by atoms with Crippen LogP contribution in [-0.2, 0) is 6.18 Å². The smallest absolute Gasteiger partial charge is 0.420 e. The highest BCUT2D eigenvalue weighted by atomic mass is 19.4. The summed E-state index contributed by atoms with van der Waals surface area (Å²) >= 11 is 0. The summed E-state index contributed by atoms with van der Waals surface area (Å²) in [5.41, 5.74) is 0.527. The summed E-state index contributed by atoms with van der Waals surface area (Å²) in [5.74, 6) is 0.457. The number of halogens is 3. The van der Waals surface area contributed by atoms with Crippen LogP contribution in [0.25, 0.3) is 11.4 Å². The molecule has 1 aromatic carbocycles. The first-order chi connectivity index (χ1) is 14.3. The first kappa shape index (κ1) is 21.4. The fourth-order valence-corrected chi connectivity index (χ4v) is 2.70. The number of ether oxygens (including phenoxy) is 1. The van der Waals surface area contributed by atoms with E-state index in [-0.39, 0.29) is 17.5 Å². The van der Waals surface area contributed by atoms with Gasteiger partial charge in [0.25, 0.3) is 0 Å². The molecule has 0 bridgehead atoms. The summed E-state index contributed by atoms with van der Waals surface area (Å²) in [5, 5.41) is 6.13. The van der Waals surface area contributed by atoms with Crippen LogP contribution in [0, 0.1) is 0 Å². The van der Waals surface area contributed by atoms with Gasteiger partial charge in [-0.1, -0.05) is 13.0 Å². The van der Waals surface area contributed by atoms with Crippen molar-refractivity contribution in [2.75, 3.05) is 17.7 Å². The Balaban J connectivity index is 2.00. The fraction of sp³-hybridized carbons (Fsp3) is 0.286. The Bertz CT molecular complexity index is 996. The van der Waals surface area contributed by atoms with Crippen molar-refractivity contribution in [3.63, 3.8) is 0 Å². The summed E-state index contributed by atoms with van der Waals surface area (Å²) in [6, 6.07) is 10.9. The zero-order chi connectivity index (χ0) is 21.7. The number of nitrogens with one attached hydrogen (secondary N) is 2. The van der Waals surface area contributed by atoms with Gasteiger partial charge in [-0.15, -0.1) is 0 Å². The molecule has 0 amide bonds. The molecule has 0 fully saturated rings. The van der Waals surface area contributed by atoms with Gasteiger partial charge in [-0.05, 0) is 43.7 Å². The minimum atomic E-state index is -4.54. The van der Waals surface area contributed by atoms with Gasteiger partial charge in [-0.3, -0.25) is 4.98 Å². The average Bonchev–Trinajstić information content (AvgIpc) is 2.73. The third kappa shape index (κ3) is 5.16. The Labute approximate surface area is 172 Å². The molecule has 0 radical (unpaired) electrons. The molecular weight excluding hydrogens is 395 g/mol. The molecule has 158 valence electrons. The zero-order valence-electron chi connectivity index (χ0n) is 16.8. The van der Waals surface area contributed by atoms with Crippen LogP contribution in [-0.4, -0.2) is 28.1 Å². The summed E-state index contributed by atoms with van der Waals surface area (Å²) in [4.78, 5) is 13.2. The van der Waals surface area contributed by atoms with Crippen molar-refractivity contribution in [1.82, 2.24) is 15.0 Å². The first-order valence-corrected chi connectivity index (χ1v) is 9.39. The lowest BCUT2D eigenvalue weighted by Gasteiger charge is -2.16. The predicted octanol–water partition coefficient (Wildman–Crippen LogP) is 5.52. The van der Waals surface area contributed by atoms with Crippen LogP contribution >= 0.6 is 0 Å². The van der Waals surface area contributed by atoms with Crippen molar-refractivity contribution in [1.29, 1.82) is 0 Å². The number of hydrogen-bond donors (Lipinski definition) is 2. The minimum Gasteiger partial charge on any atom is -0.496 e. The predicted molar refractivity (Wildman–Crippen MR) is 110 cm³/mol. The monoisotopic (exact) mass is 417 g/mol. The van der Waals surface area contributed by atoms with E-state index in [2.05, 4.69) is 25.6 Å². The lowest BCUT2D eigenvalue weighted by molar-refractivity contribution is -0.138. The second-order valence-electron chi connectivity index (χ2n) is 6.67. The molecule has 0 aliphatic rings. The summed E-state index contributed by atoms with van der Waals surface area (Å²) in [6.45, 7) is 4.01. The van der Waals surface area contributed by atoms with E-state index in [9.17, 15) is 13.2 Å². The van der Waals surface area contributed by atoms with Crippen LogP contribution < -0.4 is 15.4 Å². The van der Waals surface area contributed by atoms with Crippen molar-refractivity contribution in [2.45, 2.75) is 32.5 Å². The molecule has 0 aliphatic carbocycles. The van der Waals surface area contributed by atoms with Gasteiger partial charge >= 0.3 is 6.18 Å². The second kappa shape index (κ2) is 8.98. The highest BCUT2D eigenvalue weighted by Gasteiger charge is 2.34. The van der Waals surface area contributed by atoms with E-state index in [4.69, 9.17) is 4.74 Å². The quantitative estimate of drug-likeness (QED) is 0.527. The normalized spacial score (nSPS) is 12.3. The van der Waals surface area contributed by atoms with E-state index >= 15 is 0 Å². The number of hydrogen-bond acceptors (Lipinski definition) is 6. The molecule has 2 heterocycles. The standard InChI is InChI=1S/C21H22F3N5O/c1-4-13(2)26-20-28-17(16-7-5-6-10-25-16)12-19(29-20)27-14-8-9-18(30-3)15(11-14)21(22,23)24/h5-13H,4H2,1-3H3,(H2,26,27,28,29)/t13-/m0/s1. The molecule has 3 rings (SSSR count). The van der Waals surface area contributed by atoms with Gasteiger partial charge in [-0.25, -0.2) is 4.98 Å². The Kier molecular flexibility index (Phi) is 6.39. The Hall–Kier alpha value is -3.36. The number of alkyl halides is 3. The number of anilines is 3. The molecule has 9 heteroatoms. The van der Waals surface area contributed by atoms with Gasteiger partial charge in [0.05, 0.1) is 24.1 Å². The van der Waals surface area contributed by atoms with Gasteiger partial charge in [0.2, 0.25) is 5.95 Å². The van der Waals surface area contributed by atoms with E-state index in [0.717, 1.165) is 12.5 Å². The molecule has 2 N–H and O–H groups in total. The minimum absolute atomic E-state index is 0.120. The maximum absolute atomic E-state index is 13.3. The van der Waals surface area contributed by atoms with Crippen molar-refractivity contribution in [3.8, 4) is 17.1 Å². The van der Waals surface area contributed by atoms with Crippen LogP contribution in [0.4, 0.5) is 30.6 Å². The summed E-state index contributed by atoms with van der Waals surface area (Å²) in [6.07, 6.45) is -2.05. The molecule has 2 aromatic heterocycles. The van der Waals surface area contributed by atoms with Crippen LogP contribution in [0.5, 0.6) is 5.75 Å². The van der Waals surface area contributed by atoms with Crippen molar-refractivity contribution < 1.29 is 17.9 Å². The number of methoxy groups -OCH3 is 1. The molecule has 3 aromatic rings. The van der Waals surface area contributed by atoms with E-state index in [1.165, 1.54) is 19.2 Å². The molecule has 0 unspecified atom stereocenters. The van der Waals surface area contributed by atoms with Crippen LogP contribution in [0.2, 0.25) is 0 Å². The van der Waals surface area contributed by atoms with E-state index < -0.39 is 11.7 Å². The molecule has 1 atom stereocenters. The maximum Gasteiger partial charge on any atom is 0.420 e. The zero-order valence-corrected chi connectivity index (χ0v) is 16.8. The first-order valence-electron chi connectivity index (χ1n) is 9.39. The fourth-order valence-electron chi connectivity index (χ4n) is 2.70. The Morgan fingerprint density at radius 2 is 1.87 bits per heavy atom. The Morgan fingerprint density at radius 1 is 1.07 bits per heavy atom. The third-order valence-corrected chi connectivity index (χ3v) is 4.42. The Morgan fingerprint density at radius 3 is 2.50 bits per heavy atom. The number of pyridine rings is 1. The topological polar surface area (TPSA) is 72.0 Å². The van der Waals surface area contributed by atoms with Crippen LogP contribution in [0.3, 0.4) is 0 Å². The number of nitrogens with zero attached hydrogens (tertiary/aromatic N) is 3. The number of benzene rings is 1. The second-order valence-corrected chi connectivity index (χ2v) is 6.67. The summed E-state index contributed by atoms with van der Waals surface area (Å²) in [7, 11) is 1.20. The van der Waals surface area contributed by atoms with Crippen molar-refractivity contribution in [3.05, 3.63) is 54.2 Å². The van der Waals surface area contributed by atoms with Gasteiger partial charge < -0.3 is 15.4 Å². The van der Waals surface area contributed by atoms with Gasteiger partial charge in [0, 0.05) is 24.0 Å². The molecule has 30 heavy (non-hydrogen) atoms. The average molecular weight is 417 g/mol.